The van der Waals surface area contributed by atoms with Crippen LogP contribution in [0.3, 0.4) is 0 Å². The number of aromatic nitrogens is 1. The van der Waals surface area contributed by atoms with Gasteiger partial charge in [-0.05, 0) is 46.5 Å². The van der Waals surface area contributed by atoms with Crippen molar-refractivity contribution in [3.63, 3.8) is 0 Å². The normalized spacial score (nSPS) is 16.1. The first-order valence-corrected chi connectivity index (χ1v) is 6.84. The Hall–Kier alpha value is -0.350. The highest BCUT2D eigenvalue weighted by Crippen LogP contribution is 2.41. The zero-order valence-electron chi connectivity index (χ0n) is 7.96. The summed E-state index contributed by atoms with van der Waals surface area (Å²) in [5.41, 5.74) is 3.05. The third-order valence-electron chi connectivity index (χ3n) is 2.60. The zero-order valence-corrected chi connectivity index (χ0v) is 11.1. The summed E-state index contributed by atoms with van der Waals surface area (Å²) in [6.07, 6.45) is 2.44. The highest BCUT2D eigenvalue weighted by molar-refractivity contribution is 9.10. The summed E-state index contributed by atoms with van der Waals surface area (Å²) in [6.45, 7) is 0. The van der Waals surface area contributed by atoms with Gasteiger partial charge in [0.2, 0.25) is 0 Å². The van der Waals surface area contributed by atoms with E-state index in [9.17, 15) is 0 Å². The molecule has 0 atom stereocenters. The quantitative estimate of drug-likeness (QED) is 0.764. The first kappa shape index (κ1) is 9.85. The van der Waals surface area contributed by atoms with Crippen LogP contribution >= 0.6 is 31.9 Å². The Morgan fingerprint density at radius 1 is 1.40 bits per heavy atom. The molecule has 1 saturated carbocycles. The monoisotopic (exact) mass is 329 g/mol. The Labute approximate surface area is 104 Å². The van der Waals surface area contributed by atoms with E-state index in [-0.39, 0.29) is 0 Å². The first-order chi connectivity index (χ1) is 7.28. The van der Waals surface area contributed by atoms with Gasteiger partial charge in [0, 0.05) is 11.2 Å². The number of oxazole rings is 1. The third-order valence-corrected chi connectivity index (χ3v) is 3.84. The summed E-state index contributed by atoms with van der Waals surface area (Å²) < 4.78 is 6.74. The third kappa shape index (κ3) is 1.74. The standard InChI is InChI=1S/C11H9Br2NO/c12-5-6-3-8(13)10-9(4-6)14-11(15-10)7-1-2-7/h3-4,7H,1-2,5H2. The molecule has 0 aliphatic heterocycles. The lowest BCUT2D eigenvalue weighted by molar-refractivity contribution is 0.532. The van der Waals surface area contributed by atoms with E-state index < -0.39 is 0 Å². The van der Waals surface area contributed by atoms with Crippen LogP contribution in [0.25, 0.3) is 11.1 Å². The molecule has 1 fully saturated rings. The van der Waals surface area contributed by atoms with Gasteiger partial charge in [0.05, 0.1) is 4.47 Å². The largest absolute Gasteiger partial charge is 0.439 e. The van der Waals surface area contributed by atoms with Gasteiger partial charge >= 0.3 is 0 Å². The Kier molecular flexibility index (Phi) is 2.36. The summed E-state index contributed by atoms with van der Waals surface area (Å²) in [5, 5.41) is 0.840. The van der Waals surface area contributed by atoms with Crippen LogP contribution in [-0.2, 0) is 5.33 Å². The summed E-state index contributed by atoms with van der Waals surface area (Å²) >= 11 is 6.96. The van der Waals surface area contributed by atoms with E-state index in [2.05, 4.69) is 49.0 Å². The van der Waals surface area contributed by atoms with E-state index in [4.69, 9.17) is 4.42 Å². The van der Waals surface area contributed by atoms with E-state index >= 15 is 0 Å². The maximum atomic E-state index is 5.75. The maximum absolute atomic E-state index is 5.75. The van der Waals surface area contributed by atoms with Crippen LogP contribution in [0.15, 0.2) is 21.0 Å². The van der Waals surface area contributed by atoms with Gasteiger partial charge in [-0.1, -0.05) is 15.9 Å². The minimum absolute atomic E-state index is 0.566. The van der Waals surface area contributed by atoms with Crippen molar-refractivity contribution in [2.24, 2.45) is 0 Å². The predicted molar refractivity (Wildman–Crippen MR) is 66.3 cm³/mol. The van der Waals surface area contributed by atoms with Crippen molar-refractivity contribution in [1.29, 1.82) is 0 Å². The lowest BCUT2D eigenvalue weighted by Crippen LogP contribution is -1.79. The predicted octanol–water partition coefficient (Wildman–Crippen LogP) is 4.36. The fourth-order valence-corrected chi connectivity index (χ4v) is 2.55. The molecular weight excluding hydrogens is 322 g/mol. The van der Waals surface area contributed by atoms with Crippen LogP contribution in [0.2, 0.25) is 0 Å². The molecule has 15 heavy (non-hydrogen) atoms. The van der Waals surface area contributed by atoms with Gasteiger partial charge in [-0.2, -0.15) is 0 Å². The summed E-state index contributed by atoms with van der Waals surface area (Å²) in [7, 11) is 0. The highest BCUT2D eigenvalue weighted by Gasteiger charge is 2.29. The number of hydrogen-bond acceptors (Lipinski definition) is 2. The van der Waals surface area contributed by atoms with E-state index in [1.165, 1.54) is 18.4 Å². The van der Waals surface area contributed by atoms with Gasteiger partial charge in [-0.15, -0.1) is 0 Å². The minimum atomic E-state index is 0.566. The number of alkyl halides is 1. The van der Waals surface area contributed by atoms with E-state index in [0.29, 0.717) is 5.92 Å². The second kappa shape index (κ2) is 3.59. The lowest BCUT2D eigenvalue weighted by atomic mass is 10.2. The molecule has 1 aliphatic carbocycles. The molecule has 78 valence electrons. The van der Waals surface area contributed by atoms with E-state index in [1.807, 2.05) is 0 Å². The molecule has 0 radical (unpaired) electrons. The van der Waals surface area contributed by atoms with Crippen LogP contribution < -0.4 is 0 Å². The second-order valence-electron chi connectivity index (χ2n) is 3.89. The average Bonchev–Trinajstić information content (AvgIpc) is 2.98. The first-order valence-electron chi connectivity index (χ1n) is 4.93. The topological polar surface area (TPSA) is 26.0 Å². The Bertz CT molecular complexity index is 517. The Morgan fingerprint density at radius 2 is 2.20 bits per heavy atom. The van der Waals surface area contributed by atoms with Gasteiger partial charge < -0.3 is 4.42 Å². The second-order valence-corrected chi connectivity index (χ2v) is 5.30. The van der Waals surface area contributed by atoms with Gasteiger partial charge in [0.1, 0.15) is 5.52 Å². The molecule has 0 bridgehead atoms. The van der Waals surface area contributed by atoms with Crippen molar-refractivity contribution < 1.29 is 4.42 Å². The highest BCUT2D eigenvalue weighted by atomic mass is 79.9. The number of benzene rings is 1. The summed E-state index contributed by atoms with van der Waals surface area (Å²) in [6, 6.07) is 4.14. The molecule has 0 amide bonds. The minimum Gasteiger partial charge on any atom is -0.439 e. The Balaban J connectivity index is 2.19. The molecule has 1 aromatic heterocycles. The Morgan fingerprint density at radius 3 is 2.87 bits per heavy atom. The van der Waals surface area contributed by atoms with E-state index in [0.717, 1.165) is 26.8 Å². The van der Waals surface area contributed by atoms with Crippen molar-refractivity contribution in [3.8, 4) is 0 Å². The van der Waals surface area contributed by atoms with Crippen molar-refractivity contribution in [2.45, 2.75) is 24.1 Å². The van der Waals surface area contributed by atoms with Crippen molar-refractivity contribution in [2.75, 3.05) is 0 Å². The number of halogens is 2. The van der Waals surface area contributed by atoms with Crippen LogP contribution in [0.1, 0.15) is 30.2 Å². The van der Waals surface area contributed by atoms with Gasteiger partial charge in [-0.25, -0.2) is 4.98 Å². The average molecular weight is 331 g/mol. The molecule has 0 N–H and O–H groups in total. The molecule has 1 aliphatic rings. The summed E-state index contributed by atoms with van der Waals surface area (Å²) in [5.74, 6) is 1.47. The van der Waals surface area contributed by atoms with Crippen LogP contribution in [0, 0.1) is 0 Å². The SMILES string of the molecule is BrCc1cc(Br)c2oc(C3CC3)nc2c1. The number of rotatable bonds is 2. The molecule has 2 nitrogen and oxygen atoms in total. The van der Waals surface area contributed by atoms with Crippen LogP contribution in [0.5, 0.6) is 0 Å². The van der Waals surface area contributed by atoms with Crippen molar-refractivity contribution in [1.82, 2.24) is 4.98 Å². The zero-order chi connectivity index (χ0) is 10.4. The number of fused-ring (bicyclic) bond motifs is 1. The fraction of sp³-hybridized carbons (Fsp3) is 0.364. The molecule has 0 spiro atoms. The summed E-state index contributed by atoms with van der Waals surface area (Å²) in [4.78, 5) is 4.53. The molecule has 1 heterocycles. The van der Waals surface area contributed by atoms with Crippen molar-refractivity contribution in [3.05, 3.63) is 28.1 Å². The number of hydrogen-bond donors (Lipinski definition) is 0. The van der Waals surface area contributed by atoms with Crippen molar-refractivity contribution >= 4 is 43.0 Å². The maximum Gasteiger partial charge on any atom is 0.198 e. The smallest absolute Gasteiger partial charge is 0.198 e. The lowest BCUT2D eigenvalue weighted by Gasteiger charge is -1.96. The van der Waals surface area contributed by atoms with Crippen LogP contribution in [0.4, 0.5) is 0 Å². The van der Waals surface area contributed by atoms with Gasteiger partial charge in [0.25, 0.3) is 0 Å². The molecule has 3 rings (SSSR count). The molecule has 0 saturated heterocycles. The number of nitrogens with zero attached hydrogens (tertiary/aromatic N) is 1. The molecule has 1 aromatic carbocycles. The van der Waals surface area contributed by atoms with Gasteiger partial charge in [-0.3, -0.25) is 0 Å². The molecular formula is C11H9Br2NO. The fourth-order valence-electron chi connectivity index (χ4n) is 1.65. The molecule has 4 heteroatoms. The molecule has 0 unspecified atom stereocenters. The van der Waals surface area contributed by atoms with Gasteiger partial charge in [0.15, 0.2) is 11.5 Å². The van der Waals surface area contributed by atoms with Crippen LogP contribution in [-0.4, -0.2) is 4.98 Å². The van der Waals surface area contributed by atoms with E-state index in [1.54, 1.807) is 0 Å². The molecule has 2 aromatic rings.